The van der Waals surface area contributed by atoms with Gasteiger partial charge in [0.15, 0.2) is 0 Å². The van der Waals surface area contributed by atoms with Crippen LogP contribution in [0.15, 0.2) is 47.4 Å². The number of hydrogen-bond acceptors (Lipinski definition) is 6. The number of carbonyl (C=O) groups excluding carboxylic acids is 1. The largest absolute Gasteiger partial charge is 0.373 e. The number of nitrogens with zero attached hydrogens (tertiary/aromatic N) is 2. The van der Waals surface area contributed by atoms with E-state index in [-0.39, 0.29) is 39.8 Å². The maximum atomic E-state index is 12.6. The van der Waals surface area contributed by atoms with Gasteiger partial charge in [-0.1, -0.05) is 26.0 Å². The Balaban J connectivity index is 1.78. The van der Waals surface area contributed by atoms with Gasteiger partial charge in [-0.2, -0.15) is 4.31 Å². The van der Waals surface area contributed by atoms with Crippen molar-refractivity contribution in [3.63, 3.8) is 0 Å². The maximum Gasteiger partial charge on any atom is 0.293 e. The highest BCUT2D eigenvalue weighted by Crippen LogP contribution is 2.30. The first-order valence-electron chi connectivity index (χ1n) is 10.6. The van der Waals surface area contributed by atoms with Crippen molar-refractivity contribution in [3.8, 4) is 0 Å². The van der Waals surface area contributed by atoms with Crippen LogP contribution in [0.3, 0.4) is 0 Å². The fourth-order valence-corrected chi connectivity index (χ4v) is 4.86. The fourth-order valence-electron chi connectivity index (χ4n) is 3.40. The number of nitro benzene ring substituents is 1. The van der Waals surface area contributed by atoms with Crippen LogP contribution in [0.4, 0.5) is 11.4 Å². The Kier molecular flexibility index (Phi) is 7.15. The maximum absolute atomic E-state index is 12.6. The van der Waals surface area contributed by atoms with Gasteiger partial charge >= 0.3 is 0 Å². The number of rotatable bonds is 10. The molecule has 0 radical (unpaired) electrons. The summed E-state index contributed by atoms with van der Waals surface area (Å²) in [6.07, 6.45) is 1.86. The SMILES string of the molecule is CCN(CC)S(=O)(=O)c1ccc(C(C)Nc2ccc(C(=O)NC3CC3)cc2[N+](=O)[O-])cc1. The van der Waals surface area contributed by atoms with Gasteiger partial charge in [-0.25, -0.2) is 8.42 Å². The van der Waals surface area contributed by atoms with E-state index in [1.54, 1.807) is 44.2 Å². The molecule has 0 bridgehead atoms. The molecule has 1 amide bonds. The highest BCUT2D eigenvalue weighted by atomic mass is 32.2. The first-order chi connectivity index (χ1) is 15.2. The molecule has 2 aromatic carbocycles. The first kappa shape index (κ1) is 23.7. The lowest BCUT2D eigenvalue weighted by atomic mass is 10.1. The molecule has 1 unspecified atom stereocenters. The molecule has 1 atom stereocenters. The summed E-state index contributed by atoms with van der Waals surface area (Å²) < 4.78 is 26.7. The molecule has 2 aromatic rings. The molecule has 1 fully saturated rings. The van der Waals surface area contributed by atoms with Crippen LogP contribution in [-0.4, -0.2) is 42.7 Å². The Morgan fingerprint density at radius 3 is 2.31 bits per heavy atom. The molecule has 1 saturated carbocycles. The van der Waals surface area contributed by atoms with Crippen molar-refractivity contribution in [1.29, 1.82) is 0 Å². The Bertz CT molecular complexity index is 1090. The van der Waals surface area contributed by atoms with E-state index < -0.39 is 14.9 Å². The van der Waals surface area contributed by atoms with Crippen molar-refractivity contribution >= 4 is 27.3 Å². The van der Waals surface area contributed by atoms with Gasteiger partial charge in [0.25, 0.3) is 11.6 Å². The second kappa shape index (κ2) is 9.66. The van der Waals surface area contributed by atoms with Crippen LogP contribution in [0.2, 0.25) is 0 Å². The molecule has 172 valence electrons. The molecule has 0 aromatic heterocycles. The second-order valence-electron chi connectivity index (χ2n) is 7.76. The Hall–Kier alpha value is -2.98. The topological polar surface area (TPSA) is 122 Å². The molecule has 0 heterocycles. The van der Waals surface area contributed by atoms with Crippen molar-refractivity contribution < 1.29 is 18.1 Å². The number of amides is 1. The summed E-state index contributed by atoms with van der Waals surface area (Å²) in [5.74, 6) is -0.319. The highest BCUT2D eigenvalue weighted by molar-refractivity contribution is 7.89. The monoisotopic (exact) mass is 460 g/mol. The molecule has 1 aliphatic rings. The smallest absolute Gasteiger partial charge is 0.293 e. The number of benzene rings is 2. The van der Waals surface area contributed by atoms with Crippen LogP contribution in [-0.2, 0) is 10.0 Å². The van der Waals surface area contributed by atoms with Crippen LogP contribution in [0.5, 0.6) is 0 Å². The summed E-state index contributed by atoms with van der Waals surface area (Å²) >= 11 is 0. The summed E-state index contributed by atoms with van der Waals surface area (Å²) in [5, 5.41) is 17.5. The minimum absolute atomic E-state index is 0.160. The zero-order valence-electron chi connectivity index (χ0n) is 18.4. The molecule has 2 N–H and O–H groups in total. The van der Waals surface area contributed by atoms with Crippen LogP contribution in [0.1, 0.15) is 55.6 Å². The number of sulfonamides is 1. The summed E-state index contributed by atoms with van der Waals surface area (Å²) in [7, 11) is -3.55. The van der Waals surface area contributed by atoms with Gasteiger partial charge in [-0.15, -0.1) is 0 Å². The molecule has 32 heavy (non-hydrogen) atoms. The van der Waals surface area contributed by atoms with Crippen molar-refractivity contribution in [2.24, 2.45) is 0 Å². The van der Waals surface area contributed by atoms with E-state index in [9.17, 15) is 23.3 Å². The van der Waals surface area contributed by atoms with E-state index in [1.165, 1.54) is 16.4 Å². The van der Waals surface area contributed by atoms with Gasteiger partial charge in [0.1, 0.15) is 5.69 Å². The summed E-state index contributed by atoms with van der Waals surface area (Å²) in [5.41, 5.74) is 1.10. The van der Waals surface area contributed by atoms with Crippen molar-refractivity contribution in [1.82, 2.24) is 9.62 Å². The standard InChI is InChI=1S/C22H28N4O5S/c1-4-25(5-2)32(30,31)19-11-6-16(7-12-19)15(3)23-20-13-8-17(14-21(20)26(28)29)22(27)24-18-9-10-18/h6-8,11-15,18,23H,4-5,9-10H2,1-3H3,(H,24,27). The number of anilines is 1. The predicted molar refractivity (Wildman–Crippen MR) is 122 cm³/mol. The zero-order valence-corrected chi connectivity index (χ0v) is 19.2. The van der Waals surface area contributed by atoms with Crippen LogP contribution >= 0.6 is 0 Å². The van der Waals surface area contributed by atoms with E-state index in [0.717, 1.165) is 18.4 Å². The first-order valence-corrected chi connectivity index (χ1v) is 12.1. The van der Waals surface area contributed by atoms with Gasteiger partial charge in [-0.05, 0) is 49.6 Å². The minimum atomic E-state index is -3.55. The lowest BCUT2D eigenvalue weighted by Crippen LogP contribution is -2.30. The van der Waals surface area contributed by atoms with Crippen molar-refractivity contribution in [2.75, 3.05) is 18.4 Å². The molecule has 9 nitrogen and oxygen atoms in total. The average molecular weight is 461 g/mol. The van der Waals surface area contributed by atoms with E-state index in [4.69, 9.17) is 0 Å². The second-order valence-corrected chi connectivity index (χ2v) is 9.70. The Labute approximate surface area is 188 Å². The Morgan fingerprint density at radius 1 is 1.16 bits per heavy atom. The Morgan fingerprint density at radius 2 is 1.78 bits per heavy atom. The van der Waals surface area contributed by atoms with E-state index >= 15 is 0 Å². The highest BCUT2D eigenvalue weighted by Gasteiger charge is 2.26. The number of carbonyl (C=O) groups is 1. The molecule has 0 saturated heterocycles. The molecular weight excluding hydrogens is 432 g/mol. The lowest BCUT2D eigenvalue weighted by molar-refractivity contribution is -0.384. The fraction of sp³-hybridized carbons (Fsp3) is 0.409. The van der Waals surface area contributed by atoms with Crippen LogP contribution in [0.25, 0.3) is 0 Å². The summed E-state index contributed by atoms with van der Waals surface area (Å²) in [6.45, 7) is 6.17. The van der Waals surface area contributed by atoms with Crippen molar-refractivity contribution in [3.05, 3.63) is 63.7 Å². The summed E-state index contributed by atoms with van der Waals surface area (Å²) in [4.78, 5) is 23.5. The molecule has 0 spiro atoms. The average Bonchev–Trinajstić information content (AvgIpc) is 3.58. The van der Waals surface area contributed by atoms with Gasteiger partial charge in [-0.3, -0.25) is 14.9 Å². The van der Waals surface area contributed by atoms with E-state index in [1.807, 2.05) is 6.92 Å². The number of hydrogen-bond donors (Lipinski definition) is 2. The van der Waals surface area contributed by atoms with Gasteiger partial charge in [0.2, 0.25) is 10.0 Å². The minimum Gasteiger partial charge on any atom is -0.373 e. The quantitative estimate of drug-likeness (QED) is 0.412. The number of nitrogens with one attached hydrogen (secondary N) is 2. The molecule has 3 rings (SSSR count). The van der Waals surface area contributed by atoms with Crippen LogP contribution < -0.4 is 10.6 Å². The third-order valence-corrected chi connectivity index (χ3v) is 7.53. The van der Waals surface area contributed by atoms with Gasteiger partial charge < -0.3 is 10.6 Å². The van der Waals surface area contributed by atoms with Gasteiger partial charge in [0.05, 0.1) is 9.82 Å². The van der Waals surface area contributed by atoms with Crippen molar-refractivity contribution in [2.45, 2.75) is 50.6 Å². The third kappa shape index (κ3) is 5.25. The molecule has 10 heteroatoms. The molecular formula is C22H28N4O5S. The predicted octanol–water partition coefficient (Wildman–Crippen LogP) is 3.69. The normalized spacial score (nSPS) is 14.8. The lowest BCUT2D eigenvalue weighted by Gasteiger charge is -2.20. The number of nitro groups is 1. The zero-order chi connectivity index (χ0) is 23.5. The van der Waals surface area contributed by atoms with E-state index in [0.29, 0.717) is 13.1 Å². The molecule has 0 aliphatic heterocycles. The molecule has 1 aliphatic carbocycles. The third-order valence-electron chi connectivity index (χ3n) is 5.46. The van der Waals surface area contributed by atoms with E-state index in [2.05, 4.69) is 10.6 Å². The van der Waals surface area contributed by atoms with Gasteiger partial charge in [0, 0.05) is 36.8 Å². The van der Waals surface area contributed by atoms with Crippen LogP contribution in [0, 0.1) is 10.1 Å². The summed E-state index contributed by atoms with van der Waals surface area (Å²) in [6, 6.07) is 10.6.